The Morgan fingerprint density at radius 1 is 1.50 bits per heavy atom. The zero-order valence-corrected chi connectivity index (χ0v) is 9.18. The average Bonchev–Trinajstić information content (AvgIpc) is 2.70. The van der Waals surface area contributed by atoms with Crippen LogP contribution in [0.4, 0.5) is 0 Å². The fourth-order valence-corrected chi connectivity index (χ4v) is 0.678. The molecule has 0 spiro atoms. The number of nitrogens with one attached hydrogen (secondary N) is 1. The van der Waals surface area contributed by atoms with Crippen molar-refractivity contribution in [1.82, 2.24) is 10.2 Å². The van der Waals surface area contributed by atoms with Crippen LogP contribution in [0.5, 0.6) is 0 Å². The van der Waals surface area contributed by atoms with Gasteiger partial charge in [0, 0.05) is 6.20 Å². The van der Waals surface area contributed by atoms with Crippen molar-refractivity contribution < 1.29 is 14.7 Å². The van der Waals surface area contributed by atoms with Crippen molar-refractivity contribution in [3.63, 3.8) is 0 Å². The van der Waals surface area contributed by atoms with Crippen LogP contribution in [0.1, 0.15) is 24.3 Å². The third-order valence-corrected chi connectivity index (χ3v) is 1.77. The number of hydrogen-bond donors (Lipinski definition) is 4. The maximum Gasteiger partial charge on any atom is 0.320 e. The van der Waals surface area contributed by atoms with Gasteiger partial charge >= 0.3 is 5.97 Å². The van der Waals surface area contributed by atoms with E-state index in [1.807, 2.05) is 0 Å². The van der Waals surface area contributed by atoms with Crippen LogP contribution in [-0.4, -0.2) is 33.2 Å². The van der Waals surface area contributed by atoms with Gasteiger partial charge in [-0.15, -0.1) is 0 Å². The van der Waals surface area contributed by atoms with E-state index in [1.54, 1.807) is 13.8 Å². The number of rotatable bonds is 3. The first-order valence-electron chi connectivity index (χ1n) is 4.63. The summed E-state index contributed by atoms with van der Waals surface area (Å²) in [5.74, 6) is -1.39. The lowest BCUT2D eigenvalue weighted by Crippen LogP contribution is -2.34. The number of aromatic nitrogens is 2. The third-order valence-electron chi connectivity index (χ3n) is 1.77. The summed E-state index contributed by atoms with van der Waals surface area (Å²) in [5, 5.41) is 14.2. The zero-order chi connectivity index (χ0) is 12.7. The predicted octanol–water partition coefficient (Wildman–Crippen LogP) is -0.437. The summed E-state index contributed by atoms with van der Waals surface area (Å²) in [4.78, 5) is 20.2. The Balaban J connectivity index is 0.000000281. The van der Waals surface area contributed by atoms with Gasteiger partial charge in [-0.3, -0.25) is 14.7 Å². The molecule has 0 aliphatic heterocycles. The molecule has 0 bridgehead atoms. The number of carbonyl (C=O) groups is 2. The van der Waals surface area contributed by atoms with E-state index < -0.39 is 17.9 Å². The van der Waals surface area contributed by atoms with Crippen molar-refractivity contribution in [3.05, 3.63) is 18.0 Å². The molecule has 1 atom stereocenters. The lowest BCUT2D eigenvalue weighted by molar-refractivity contribution is -0.139. The highest BCUT2D eigenvalue weighted by molar-refractivity contribution is 5.90. The Bertz CT molecular complexity index is 335. The highest BCUT2D eigenvalue weighted by atomic mass is 16.4. The summed E-state index contributed by atoms with van der Waals surface area (Å²) in [6.45, 7) is 3.55. The number of carboxylic acid groups (broad SMARTS) is 1. The second-order valence-electron chi connectivity index (χ2n) is 3.44. The number of primary amides is 1. The average molecular weight is 228 g/mol. The minimum Gasteiger partial charge on any atom is -0.480 e. The molecule has 0 saturated carbocycles. The van der Waals surface area contributed by atoms with Crippen LogP contribution in [0.25, 0.3) is 0 Å². The standard InChI is InChI=1S/C5H11NO2.C4H5N3O/c1-3(2)4(6)5(7)8;5-4(8)3-1-2-6-7-3/h3-4H,6H2,1-2H3,(H,7,8);1-2H,(H2,5,8)(H,6,7)/t4-;/m0./s1. The molecule has 1 amide bonds. The lowest BCUT2D eigenvalue weighted by Gasteiger charge is -2.07. The molecule has 1 rings (SSSR count). The van der Waals surface area contributed by atoms with E-state index in [0.29, 0.717) is 5.69 Å². The SMILES string of the molecule is CC(C)[C@H](N)C(=O)O.NC(=O)c1ccn[nH]1. The lowest BCUT2D eigenvalue weighted by atomic mass is 10.1. The first-order chi connectivity index (χ1) is 7.36. The van der Waals surface area contributed by atoms with Gasteiger partial charge in [0.2, 0.25) is 0 Å². The number of carboxylic acids is 1. The van der Waals surface area contributed by atoms with Crippen LogP contribution in [0.3, 0.4) is 0 Å². The number of aromatic amines is 1. The molecule has 0 aliphatic carbocycles. The molecule has 7 nitrogen and oxygen atoms in total. The number of hydrogen-bond acceptors (Lipinski definition) is 4. The van der Waals surface area contributed by atoms with Crippen LogP contribution >= 0.6 is 0 Å². The largest absolute Gasteiger partial charge is 0.480 e. The van der Waals surface area contributed by atoms with E-state index in [-0.39, 0.29) is 5.92 Å². The molecule has 16 heavy (non-hydrogen) atoms. The van der Waals surface area contributed by atoms with Gasteiger partial charge in [0.15, 0.2) is 0 Å². The molecule has 0 radical (unpaired) electrons. The van der Waals surface area contributed by atoms with Gasteiger partial charge in [0.25, 0.3) is 5.91 Å². The highest BCUT2D eigenvalue weighted by Gasteiger charge is 2.14. The van der Waals surface area contributed by atoms with Gasteiger partial charge in [-0.25, -0.2) is 0 Å². The van der Waals surface area contributed by atoms with Gasteiger partial charge in [0.05, 0.1) is 0 Å². The summed E-state index contributed by atoms with van der Waals surface area (Å²) in [6.07, 6.45) is 1.47. The van der Waals surface area contributed by atoms with Crippen molar-refractivity contribution in [2.24, 2.45) is 17.4 Å². The quantitative estimate of drug-likeness (QED) is 0.556. The van der Waals surface area contributed by atoms with Gasteiger partial charge in [0.1, 0.15) is 11.7 Å². The summed E-state index contributed by atoms with van der Waals surface area (Å²) in [5.41, 5.74) is 10.3. The van der Waals surface area contributed by atoms with E-state index in [2.05, 4.69) is 10.2 Å². The van der Waals surface area contributed by atoms with E-state index in [4.69, 9.17) is 16.6 Å². The number of amides is 1. The molecule has 1 aromatic heterocycles. The second-order valence-corrected chi connectivity index (χ2v) is 3.44. The van der Waals surface area contributed by atoms with Crippen molar-refractivity contribution in [3.8, 4) is 0 Å². The summed E-state index contributed by atoms with van der Waals surface area (Å²) in [6, 6.07) is 0.803. The molecule has 0 aromatic carbocycles. The second kappa shape index (κ2) is 6.57. The smallest absolute Gasteiger partial charge is 0.320 e. The zero-order valence-electron chi connectivity index (χ0n) is 9.18. The fourth-order valence-electron chi connectivity index (χ4n) is 0.678. The Hall–Kier alpha value is -1.89. The molecule has 1 heterocycles. The Morgan fingerprint density at radius 3 is 2.19 bits per heavy atom. The van der Waals surface area contributed by atoms with E-state index in [9.17, 15) is 9.59 Å². The van der Waals surface area contributed by atoms with Crippen molar-refractivity contribution >= 4 is 11.9 Å². The normalized spacial score (nSPS) is 11.5. The molecule has 1 aromatic rings. The fraction of sp³-hybridized carbons (Fsp3) is 0.444. The number of H-pyrrole nitrogens is 1. The molecule has 7 heteroatoms. The molecular weight excluding hydrogens is 212 g/mol. The maximum atomic E-state index is 10.2. The van der Waals surface area contributed by atoms with Crippen molar-refractivity contribution in [1.29, 1.82) is 0 Å². The first-order valence-corrected chi connectivity index (χ1v) is 4.63. The summed E-state index contributed by atoms with van der Waals surface area (Å²) >= 11 is 0. The van der Waals surface area contributed by atoms with Crippen LogP contribution in [0, 0.1) is 5.92 Å². The molecule has 90 valence electrons. The maximum absolute atomic E-state index is 10.2. The van der Waals surface area contributed by atoms with E-state index in [1.165, 1.54) is 12.3 Å². The third kappa shape index (κ3) is 5.11. The van der Waals surface area contributed by atoms with Crippen LogP contribution in [0.15, 0.2) is 12.3 Å². The molecule has 0 aliphatic rings. The van der Waals surface area contributed by atoms with Crippen LogP contribution in [-0.2, 0) is 4.79 Å². The summed E-state index contributed by atoms with van der Waals surface area (Å²) in [7, 11) is 0. The summed E-state index contributed by atoms with van der Waals surface area (Å²) < 4.78 is 0. The number of nitrogens with zero attached hydrogens (tertiary/aromatic N) is 1. The molecule has 6 N–H and O–H groups in total. The highest BCUT2D eigenvalue weighted by Crippen LogP contribution is 1.96. The van der Waals surface area contributed by atoms with Crippen molar-refractivity contribution in [2.45, 2.75) is 19.9 Å². The minimum absolute atomic E-state index is 0.0208. The number of nitrogens with two attached hydrogens (primary N) is 2. The Labute approximate surface area is 92.8 Å². The number of carbonyl (C=O) groups excluding carboxylic acids is 1. The van der Waals surface area contributed by atoms with Gasteiger partial charge in [-0.05, 0) is 12.0 Å². The Morgan fingerprint density at radius 2 is 2.06 bits per heavy atom. The van der Waals surface area contributed by atoms with Gasteiger partial charge < -0.3 is 16.6 Å². The van der Waals surface area contributed by atoms with Gasteiger partial charge in [-0.2, -0.15) is 5.10 Å². The monoisotopic (exact) mass is 228 g/mol. The molecule has 0 fully saturated rings. The minimum atomic E-state index is -0.931. The van der Waals surface area contributed by atoms with E-state index in [0.717, 1.165) is 0 Å². The molecule has 0 saturated heterocycles. The van der Waals surface area contributed by atoms with Crippen molar-refractivity contribution in [2.75, 3.05) is 0 Å². The van der Waals surface area contributed by atoms with E-state index >= 15 is 0 Å². The van der Waals surface area contributed by atoms with Gasteiger partial charge in [-0.1, -0.05) is 13.8 Å². The number of aliphatic carboxylic acids is 1. The first kappa shape index (κ1) is 14.1. The predicted molar refractivity (Wildman–Crippen MR) is 57.6 cm³/mol. The Kier molecular flexibility index (Phi) is 5.79. The van der Waals surface area contributed by atoms with Crippen LogP contribution in [0.2, 0.25) is 0 Å². The molecule has 0 unspecified atom stereocenters. The van der Waals surface area contributed by atoms with Crippen LogP contribution < -0.4 is 11.5 Å². The molecular formula is C9H16N4O3. The topological polar surface area (TPSA) is 135 Å².